The number of nitrogens with one attached hydrogen (secondary N) is 3. The number of rotatable bonds is 11. The van der Waals surface area contributed by atoms with Crippen LogP contribution in [-0.2, 0) is 36.1 Å². The zero-order chi connectivity index (χ0) is 37.2. The molecule has 4 aromatic rings. The number of aromatic nitrogens is 3. The van der Waals surface area contributed by atoms with Gasteiger partial charge in [-0.2, -0.15) is 0 Å². The Kier molecular flexibility index (Phi) is 11.0. The van der Waals surface area contributed by atoms with Gasteiger partial charge in [-0.3, -0.25) is 24.3 Å². The van der Waals surface area contributed by atoms with Crippen molar-refractivity contribution < 1.29 is 24.2 Å². The van der Waals surface area contributed by atoms with Crippen LogP contribution in [0.1, 0.15) is 46.8 Å². The van der Waals surface area contributed by atoms with Crippen molar-refractivity contribution in [1.29, 1.82) is 0 Å². The summed E-state index contributed by atoms with van der Waals surface area (Å²) in [5.74, 6) is 0.538. The number of methoxy groups -OCH3 is 1. The van der Waals surface area contributed by atoms with Gasteiger partial charge in [0.25, 0.3) is 5.91 Å². The Bertz CT molecular complexity index is 2050. The van der Waals surface area contributed by atoms with Gasteiger partial charge in [0.1, 0.15) is 5.75 Å². The number of carbonyl (C=O) groups excluding carboxylic acids is 3. The Morgan fingerprint density at radius 1 is 1.08 bits per heavy atom. The number of halogens is 2. The van der Waals surface area contributed by atoms with Crippen molar-refractivity contribution >= 4 is 46.6 Å². The van der Waals surface area contributed by atoms with Crippen molar-refractivity contribution in [3.05, 3.63) is 81.5 Å². The minimum atomic E-state index is -0.430. The maximum Gasteiger partial charge on any atom is 0.291 e. The van der Waals surface area contributed by atoms with E-state index in [-0.39, 0.29) is 36.3 Å². The Morgan fingerprint density at radius 2 is 1.91 bits per heavy atom. The smallest absolute Gasteiger partial charge is 0.291 e. The van der Waals surface area contributed by atoms with Crippen molar-refractivity contribution in [3.8, 4) is 28.1 Å². The molecule has 3 aliphatic rings. The summed E-state index contributed by atoms with van der Waals surface area (Å²) < 4.78 is 7.49. The standard InChI is InChI=1S/C38H42Cl2N8O5/c1-46-30-12-15-48(33(51)21-47-14-11-25(49)19-47)20-29(30)44-37(46)38(52)45-28-5-3-4-26(34(28)39)27-10-13-42-36(35(27)40)22-6-7-23(31(16-22)53-2)17-41-18-24-8-9-32(50)43-24/h3-7,10,13,16,24-25,41,49H,8-9,11-12,14-15,17-21H2,1-2H3,(H,43,50)(H,45,52)/t24-,25-/m0/s1. The average Bonchev–Trinajstić information content (AvgIpc) is 3.86. The van der Waals surface area contributed by atoms with Crippen LogP contribution in [0.25, 0.3) is 22.4 Å². The molecule has 2 fully saturated rings. The molecule has 0 radical (unpaired) electrons. The molecule has 0 saturated carbocycles. The van der Waals surface area contributed by atoms with Gasteiger partial charge in [-0.25, -0.2) is 4.98 Å². The molecule has 3 amide bonds. The summed E-state index contributed by atoms with van der Waals surface area (Å²) in [4.78, 5) is 51.1. The first-order valence-electron chi connectivity index (χ1n) is 17.7. The number of pyridine rings is 1. The van der Waals surface area contributed by atoms with E-state index in [9.17, 15) is 19.5 Å². The first kappa shape index (κ1) is 36.8. The molecule has 5 heterocycles. The molecular formula is C38H42Cl2N8O5. The van der Waals surface area contributed by atoms with Crippen LogP contribution < -0.4 is 20.7 Å². The fourth-order valence-electron chi connectivity index (χ4n) is 7.31. The second-order valence-corrected chi connectivity index (χ2v) is 14.5. The monoisotopic (exact) mass is 760 g/mol. The zero-order valence-electron chi connectivity index (χ0n) is 29.6. The molecule has 2 saturated heterocycles. The molecule has 0 spiro atoms. The second kappa shape index (κ2) is 15.8. The second-order valence-electron chi connectivity index (χ2n) is 13.7. The highest BCUT2D eigenvalue weighted by atomic mass is 35.5. The number of hydrogen-bond donors (Lipinski definition) is 4. The molecule has 2 aromatic carbocycles. The van der Waals surface area contributed by atoms with Gasteiger partial charge < -0.3 is 35.3 Å². The minimum absolute atomic E-state index is 0.0143. The van der Waals surface area contributed by atoms with Crippen molar-refractivity contribution in [2.45, 2.75) is 50.9 Å². The number of likely N-dealkylation sites (tertiary alicyclic amines) is 1. The average molecular weight is 762 g/mol. The third kappa shape index (κ3) is 7.90. The SMILES string of the molecule is COc1cc(-c2nccc(-c3cccc(NC(=O)c4nc5c(n4C)CCN(C(=O)CN4CC[C@H](O)C4)C5)c3Cl)c2Cl)ccc1CNC[C@@H]1CCC(=O)N1. The van der Waals surface area contributed by atoms with Crippen LogP contribution in [0.4, 0.5) is 5.69 Å². The van der Waals surface area contributed by atoms with Gasteiger partial charge in [-0.15, -0.1) is 0 Å². The van der Waals surface area contributed by atoms with Gasteiger partial charge in [-0.05, 0) is 31.0 Å². The number of aliphatic hydroxyl groups is 1. The minimum Gasteiger partial charge on any atom is -0.496 e. The van der Waals surface area contributed by atoms with Crippen LogP contribution in [0.15, 0.2) is 48.7 Å². The number of β-amino-alcohol motifs (C(OH)–C–C–N with tert-alkyl or cyclic N) is 1. The lowest BCUT2D eigenvalue weighted by Gasteiger charge is -2.28. The van der Waals surface area contributed by atoms with Crippen molar-refractivity contribution in [1.82, 2.24) is 35.0 Å². The molecule has 3 aliphatic heterocycles. The van der Waals surface area contributed by atoms with E-state index >= 15 is 0 Å². The third-order valence-electron chi connectivity index (χ3n) is 10.2. The lowest BCUT2D eigenvalue weighted by atomic mass is 10.0. The van der Waals surface area contributed by atoms with Crippen LogP contribution in [0.2, 0.25) is 10.0 Å². The van der Waals surface area contributed by atoms with Gasteiger partial charge in [0.05, 0.1) is 53.4 Å². The van der Waals surface area contributed by atoms with Crippen molar-refractivity contribution in [2.75, 3.05) is 45.2 Å². The van der Waals surface area contributed by atoms with E-state index in [0.29, 0.717) is 103 Å². The van der Waals surface area contributed by atoms with E-state index in [2.05, 4.69) is 25.9 Å². The van der Waals surface area contributed by atoms with E-state index in [0.717, 1.165) is 23.2 Å². The fraction of sp³-hybridized carbons (Fsp3) is 0.395. The van der Waals surface area contributed by atoms with E-state index in [4.69, 9.17) is 27.9 Å². The molecule has 278 valence electrons. The van der Waals surface area contributed by atoms with Gasteiger partial charge in [0.2, 0.25) is 11.8 Å². The maximum absolute atomic E-state index is 13.6. The first-order valence-corrected chi connectivity index (χ1v) is 18.5. The quantitative estimate of drug-likeness (QED) is 0.178. The molecule has 53 heavy (non-hydrogen) atoms. The topological polar surface area (TPSA) is 154 Å². The molecule has 4 N–H and O–H groups in total. The number of amides is 3. The number of nitrogens with zero attached hydrogens (tertiary/aromatic N) is 5. The highest BCUT2D eigenvalue weighted by Gasteiger charge is 2.30. The number of ether oxygens (including phenoxy) is 1. The van der Waals surface area contributed by atoms with Crippen LogP contribution in [0, 0.1) is 0 Å². The predicted molar refractivity (Wildman–Crippen MR) is 202 cm³/mol. The summed E-state index contributed by atoms with van der Waals surface area (Å²) in [7, 11) is 3.42. The number of aliphatic hydroxyl groups excluding tert-OH is 1. The van der Waals surface area contributed by atoms with Crippen molar-refractivity contribution in [2.24, 2.45) is 7.05 Å². The Labute approximate surface area is 317 Å². The number of anilines is 1. The highest BCUT2D eigenvalue weighted by Crippen LogP contribution is 2.41. The van der Waals surface area contributed by atoms with Gasteiger partial charge in [0.15, 0.2) is 5.82 Å². The van der Waals surface area contributed by atoms with E-state index in [1.807, 2.05) is 29.2 Å². The molecule has 2 aromatic heterocycles. The lowest BCUT2D eigenvalue weighted by Crippen LogP contribution is -2.42. The maximum atomic E-state index is 13.6. The summed E-state index contributed by atoms with van der Waals surface area (Å²) in [6, 6.07) is 13.1. The summed E-state index contributed by atoms with van der Waals surface area (Å²) in [5.41, 5.74) is 5.51. The molecule has 0 unspecified atom stereocenters. The summed E-state index contributed by atoms with van der Waals surface area (Å²) in [6.07, 6.45) is 3.91. The van der Waals surface area contributed by atoms with E-state index in [1.54, 1.807) is 48.0 Å². The van der Waals surface area contributed by atoms with Crippen LogP contribution in [0.3, 0.4) is 0 Å². The van der Waals surface area contributed by atoms with Crippen LogP contribution in [0.5, 0.6) is 5.75 Å². The molecule has 15 heteroatoms. The zero-order valence-corrected chi connectivity index (χ0v) is 31.1. The predicted octanol–water partition coefficient (Wildman–Crippen LogP) is 4.04. The normalized spacial score (nSPS) is 18.6. The van der Waals surface area contributed by atoms with Gasteiger partial charge in [-0.1, -0.05) is 47.5 Å². The molecule has 0 aliphatic carbocycles. The molecule has 7 rings (SSSR count). The van der Waals surface area contributed by atoms with Crippen LogP contribution in [-0.4, -0.2) is 99.1 Å². The summed E-state index contributed by atoms with van der Waals surface area (Å²) in [5, 5.41) is 19.8. The Balaban J connectivity index is 1.05. The lowest BCUT2D eigenvalue weighted by molar-refractivity contribution is -0.133. The molecule has 0 bridgehead atoms. The Morgan fingerprint density at radius 3 is 2.66 bits per heavy atom. The Hall–Kier alpha value is -4.53. The number of carbonyl (C=O) groups is 3. The van der Waals surface area contributed by atoms with E-state index < -0.39 is 5.91 Å². The number of imidazole rings is 1. The fourth-order valence-corrected chi connectivity index (χ4v) is 7.91. The third-order valence-corrected chi connectivity index (χ3v) is 11.0. The number of benzene rings is 2. The molecule has 2 atom stereocenters. The summed E-state index contributed by atoms with van der Waals surface area (Å²) in [6.45, 7) is 3.54. The summed E-state index contributed by atoms with van der Waals surface area (Å²) >= 11 is 14.0. The first-order chi connectivity index (χ1) is 25.6. The molecular weight excluding hydrogens is 719 g/mol. The van der Waals surface area contributed by atoms with Gasteiger partial charge in [0, 0.05) is 92.8 Å². The van der Waals surface area contributed by atoms with Gasteiger partial charge >= 0.3 is 0 Å². The number of fused-ring (bicyclic) bond motifs is 1. The van der Waals surface area contributed by atoms with Crippen LogP contribution >= 0.6 is 23.2 Å². The van der Waals surface area contributed by atoms with Crippen molar-refractivity contribution in [3.63, 3.8) is 0 Å². The molecule has 13 nitrogen and oxygen atoms in total. The highest BCUT2D eigenvalue weighted by molar-refractivity contribution is 6.39. The van der Waals surface area contributed by atoms with E-state index in [1.165, 1.54) is 0 Å². The largest absolute Gasteiger partial charge is 0.496 e. The number of hydrogen-bond acceptors (Lipinski definition) is 9.